The maximum atomic E-state index is 11.2. The number of aryl methyl sites for hydroxylation is 1. The SMILES string of the molecule is CCNC(=NCCc1ccc(C)c(OC)c1)N1CCCC(CC(N)=O)C1.I. The highest BCUT2D eigenvalue weighted by Crippen LogP contribution is 2.20. The van der Waals surface area contributed by atoms with Crippen LogP contribution in [0.2, 0.25) is 0 Å². The van der Waals surface area contributed by atoms with Crippen LogP contribution >= 0.6 is 24.0 Å². The molecule has 1 aliphatic rings. The largest absolute Gasteiger partial charge is 0.496 e. The fourth-order valence-electron chi connectivity index (χ4n) is 3.45. The Morgan fingerprint density at radius 2 is 2.22 bits per heavy atom. The number of halogens is 1. The van der Waals surface area contributed by atoms with Crippen molar-refractivity contribution in [2.45, 2.75) is 39.5 Å². The highest BCUT2D eigenvalue weighted by atomic mass is 127. The molecular formula is C20H33IN4O2. The molecule has 27 heavy (non-hydrogen) atoms. The lowest BCUT2D eigenvalue weighted by Crippen LogP contribution is -2.47. The molecule has 3 N–H and O–H groups in total. The summed E-state index contributed by atoms with van der Waals surface area (Å²) in [6, 6.07) is 6.30. The molecule has 0 bridgehead atoms. The predicted octanol–water partition coefficient (Wildman–Crippen LogP) is 2.72. The highest BCUT2D eigenvalue weighted by Gasteiger charge is 2.23. The Labute approximate surface area is 179 Å². The third-order valence-electron chi connectivity index (χ3n) is 4.78. The van der Waals surface area contributed by atoms with Gasteiger partial charge >= 0.3 is 0 Å². The number of piperidine rings is 1. The third kappa shape index (κ3) is 7.56. The monoisotopic (exact) mass is 488 g/mol. The molecule has 152 valence electrons. The quantitative estimate of drug-likeness (QED) is 0.352. The molecule has 6 nitrogen and oxygen atoms in total. The Balaban J connectivity index is 0.00000364. The summed E-state index contributed by atoms with van der Waals surface area (Å²) in [6.07, 6.45) is 3.45. The van der Waals surface area contributed by atoms with Crippen LogP contribution in [-0.4, -0.2) is 50.1 Å². The van der Waals surface area contributed by atoms with Crippen LogP contribution in [0, 0.1) is 12.8 Å². The van der Waals surface area contributed by atoms with Crippen molar-refractivity contribution in [1.82, 2.24) is 10.2 Å². The first-order valence-corrected chi connectivity index (χ1v) is 9.48. The molecule has 0 spiro atoms. The zero-order valence-corrected chi connectivity index (χ0v) is 19.0. The van der Waals surface area contributed by atoms with Crippen molar-refractivity contribution in [1.29, 1.82) is 0 Å². The number of nitrogens with one attached hydrogen (secondary N) is 1. The van der Waals surface area contributed by atoms with Crippen molar-refractivity contribution in [2.24, 2.45) is 16.6 Å². The first-order valence-electron chi connectivity index (χ1n) is 9.48. The molecule has 1 fully saturated rings. The van der Waals surface area contributed by atoms with Gasteiger partial charge in [-0.05, 0) is 56.2 Å². The number of rotatable bonds is 7. The summed E-state index contributed by atoms with van der Waals surface area (Å²) in [5.41, 5.74) is 7.73. The van der Waals surface area contributed by atoms with Gasteiger partial charge in [-0.2, -0.15) is 0 Å². The Hall–Kier alpha value is -1.51. The molecule has 1 unspecified atom stereocenters. The van der Waals surface area contributed by atoms with Crippen LogP contribution in [0.5, 0.6) is 5.75 Å². The lowest BCUT2D eigenvalue weighted by molar-refractivity contribution is -0.119. The molecular weight excluding hydrogens is 455 g/mol. The maximum Gasteiger partial charge on any atom is 0.217 e. The number of amides is 1. The smallest absolute Gasteiger partial charge is 0.217 e. The first-order chi connectivity index (χ1) is 12.5. The van der Waals surface area contributed by atoms with E-state index in [-0.39, 0.29) is 29.9 Å². The normalized spacial score (nSPS) is 17.2. The molecule has 1 amide bonds. The summed E-state index contributed by atoms with van der Waals surface area (Å²) in [4.78, 5) is 18.3. The van der Waals surface area contributed by atoms with Gasteiger partial charge in [0.25, 0.3) is 0 Å². The van der Waals surface area contributed by atoms with Crippen LogP contribution in [0.4, 0.5) is 0 Å². The number of primary amides is 1. The molecule has 1 heterocycles. The van der Waals surface area contributed by atoms with Crippen molar-refractivity contribution >= 4 is 35.8 Å². The van der Waals surface area contributed by atoms with Crippen LogP contribution in [0.3, 0.4) is 0 Å². The molecule has 0 aliphatic carbocycles. The summed E-state index contributed by atoms with van der Waals surface area (Å²) in [7, 11) is 1.70. The standard InChI is InChI=1S/C20H32N4O2.HI/c1-4-22-20(24-11-5-6-17(14-24)13-19(21)25)23-10-9-16-8-7-15(2)18(12-16)26-3;/h7-8,12,17H,4-6,9-11,13-14H2,1-3H3,(H2,21,25)(H,22,23);1H. The number of likely N-dealkylation sites (tertiary alicyclic amines) is 1. The van der Waals surface area contributed by atoms with Crippen molar-refractivity contribution in [3.8, 4) is 5.75 Å². The summed E-state index contributed by atoms with van der Waals surface area (Å²) < 4.78 is 5.40. The van der Waals surface area contributed by atoms with Crippen molar-refractivity contribution < 1.29 is 9.53 Å². The average molecular weight is 488 g/mol. The Bertz CT molecular complexity index is 636. The third-order valence-corrected chi connectivity index (χ3v) is 4.78. The molecule has 1 aliphatic heterocycles. The van der Waals surface area contributed by atoms with Crippen LogP contribution in [-0.2, 0) is 11.2 Å². The van der Waals surface area contributed by atoms with Crippen LogP contribution in [0.25, 0.3) is 0 Å². The summed E-state index contributed by atoms with van der Waals surface area (Å²) in [5.74, 6) is 1.96. The van der Waals surface area contributed by atoms with E-state index in [9.17, 15) is 4.79 Å². The number of methoxy groups -OCH3 is 1. The number of carbonyl (C=O) groups excluding carboxylic acids is 1. The van der Waals surface area contributed by atoms with Crippen LogP contribution in [0.1, 0.15) is 37.3 Å². The fourth-order valence-corrected chi connectivity index (χ4v) is 3.45. The average Bonchev–Trinajstić information content (AvgIpc) is 2.62. The maximum absolute atomic E-state index is 11.2. The first kappa shape index (κ1) is 23.5. The van der Waals surface area contributed by atoms with Gasteiger partial charge in [0, 0.05) is 32.6 Å². The molecule has 0 aromatic heterocycles. The molecule has 7 heteroatoms. The zero-order chi connectivity index (χ0) is 18.9. The van der Waals surface area contributed by atoms with Crippen molar-refractivity contribution in [3.63, 3.8) is 0 Å². The molecule has 1 aromatic rings. The number of nitrogens with zero attached hydrogens (tertiary/aromatic N) is 2. The van der Waals surface area contributed by atoms with Gasteiger partial charge in [-0.25, -0.2) is 0 Å². The van der Waals surface area contributed by atoms with E-state index in [0.29, 0.717) is 18.9 Å². The number of aliphatic imine (C=N–C) groups is 1. The molecule has 0 saturated carbocycles. The minimum atomic E-state index is -0.216. The molecule has 1 saturated heterocycles. The number of carbonyl (C=O) groups is 1. The minimum absolute atomic E-state index is 0. The van der Waals surface area contributed by atoms with Crippen molar-refractivity contribution in [3.05, 3.63) is 29.3 Å². The fraction of sp³-hybridized carbons (Fsp3) is 0.600. The number of hydrogen-bond acceptors (Lipinski definition) is 3. The summed E-state index contributed by atoms with van der Waals surface area (Å²) in [6.45, 7) is 7.47. The Morgan fingerprint density at radius 3 is 2.89 bits per heavy atom. The van der Waals surface area contributed by atoms with Gasteiger partial charge < -0.3 is 20.7 Å². The minimum Gasteiger partial charge on any atom is -0.496 e. The van der Waals surface area contributed by atoms with Gasteiger partial charge in [0.05, 0.1) is 7.11 Å². The second kappa shape index (κ2) is 12.0. The van der Waals surface area contributed by atoms with Gasteiger partial charge in [-0.1, -0.05) is 12.1 Å². The van der Waals surface area contributed by atoms with Gasteiger partial charge in [0.1, 0.15) is 5.75 Å². The number of nitrogens with two attached hydrogens (primary N) is 1. The molecule has 0 radical (unpaired) electrons. The molecule has 1 atom stereocenters. The lowest BCUT2D eigenvalue weighted by Gasteiger charge is -2.34. The second-order valence-corrected chi connectivity index (χ2v) is 6.91. The van der Waals surface area contributed by atoms with E-state index < -0.39 is 0 Å². The topological polar surface area (TPSA) is 80.0 Å². The van der Waals surface area contributed by atoms with E-state index in [1.165, 1.54) is 5.56 Å². The number of hydrogen-bond donors (Lipinski definition) is 2. The van der Waals surface area contributed by atoms with Gasteiger partial charge in [0.2, 0.25) is 5.91 Å². The van der Waals surface area contributed by atoms with E-state index in [4.69, 9.17) is 15.5 Å². The highest BCUT2D eigenvalue weighted by molar-refractivity contribution is 14.0. The van der Waals surface area contributed by atoms with E-state index >= 15 is 0 Å². The molecule has 2 rings (SSSR count). The van der Waals surface area contributed by atoms with Crippen LogP contribution in [0.15, 0.2) is 23.2 Å². The van der Waals surface area contributed by atoms with E-state index in [1.54, 1.807) is 7.11 Å². The van der Waals surface area contributed by atoms with Crippen molar-refractivity contribution in [2.75, 3.05) is 33.3 Å². The summed E-state index contributed by atoms with van der Waals surface area (Å²) in [5, 5.41) is 3.38. The number of benzene rings is 1. The second-order valence-electron chi connectivity index (χ2n) is 6.91. The predicted molar refractivity (Wildman–Crippen MR) is 121 cm³/mol. The molecule has 1 aromatic carbocycles. The van der Waals surface area contributed by atoms with E-state index in [1.807, 2.05) is 6.92 Å². The van der Waals surface area contributed by atoms with Gasteiger partial charge in [-0.15, -0.1) is 24.0 Å². The lowest BCUT2D eigenvalue weighted by atomic mass is 9.95. The Morgan fingerprint density at radius 1 is 1.44 bits per heavy atom. The van der Waals surface area contributed by atoms with E-state index in [2.05, 4.69) is 35.3 Å². The van der Waals surface area contributed by atoms with Crippen LogP contribution < -0.4 is 15.8 Å². The van der Waals surface area contributed by atoms with Gasteiger partial charge in [-0.3, -0.25) is 9.79 Å². The zero-order valence-electron chi connectivity index (χ0n) is 16.7. The number of ether oxygens (including phenoxy) is 1. The summed E-state index contributed by atoms with van der Waals surface area (Å²) >= 11 is 0. The van der Waals surface area contributed by atoms with E-state index in [0.717, 1.165) is 56.2 Å². The van der Waals surface area contributed by atoms with Gasteiger partial charge in [0.15, 0.2) is 5.96 Å². The Kier molecular flexibility index (Phi) is 10.5. The number of guanidine groups is 1.